The van der Waals surface area contributed by atoms with E-state index in [0.717, 1.165) is 30.0 Å². The average Bonchev–Trinajstić information content (AvgIpc) is 2.52. The molecular formula is C17H20ClFNO2-. The van der Waals surface area contributed by atoms with Crippen molar-refractivity contribution in [1.82, 2.24) is 5.32 Å². The summed E-state index contributed by atoms with van der Waals surface area (Å²) < 4.78 is 18.7. The van der Waals surface area contributed by atoms with Crippen LogP contribution in [0.1, 0.15) is 11.1 Å². The standard InChI is InChI=1S/C17H20FNO2.ClH/c18-17-4-2-1-3-15(17)9-10-19-13-14-5-7-16(8-6-14)21-12-11-20;/h1-8,19-20H,9-13H2;1H/p-1. The lowest BCUT2D eigenvalue weighted by Gasteiger charge is -2.08. The van der Waals surface area contributed by atoms with Gasteiger partial charge in [-0.15, -0.1) is 0 Å². The van der Waals surface area contributed by atoms with E-state index >= 15 is 0 Å². The number of rotatable bonds is 8. The van der Waals surface area contributed by atoms with Crippen molar-refractivity contribution in [2.75, 3.05) is 19.8 Å². The van der Waals surface area contributed by atoms with E-state index in [9.17, 15) is 4.39 Å². The molecule has 0 radical (unpaired) electrons. The first-order chi connectivity index (χ1) is 10.3. The highest BCUT2D eigenvalue weighted by Gasteiger charge is 2.00. The largest absolute Gasteiger partial charge is 1.00 e. The molecule has 0 fully saturated rings. The van der Waals surface area contributed by atoms with Crippen molar-refractivity contribution in [1.29, 1.82) is 0 Å². The second kappa shape index (κ2) is 10.2. The zero-order valence-electron chi connectivity index (χ0n) is 12.3. The summed E-state index contributed by atoms with van der Waals surface area (Å²) in [6.45, 7) is 1.78. The minimum absolute atomic E-state index is 0. The summed E-state index contributed by atoms with van der Waals surface area (Å²) in [6, 6.07) is 14.6. The Hall–Kier alpha value is -1.62. The zero-order valence-corrected chi connectivity index (χ0v) is 13.0. The van der Waals surface area contributed by atoms with Gasteiger partial charge in [0.25, 0.3) is 0 Å². The van der Waals surface area contributed by atoms with Crippen LogP contribution in [0.2, 0.25) is 0 Å². The number of aliphatic hydroxyl groups excluding tert-OH is 1. The van der Waals surface area contributed by atoms with Crippen LogP contribution in [-0.4, -0.2) is 24.9 Å². The summed E-state index contributed by atoms with van der Waals surface area (Å²) in [5.74, 6) is 0.601. The topological polar surface area (TPSA) is 41.5 Å². The third-order valence-electron chi connectivity index (χ3n) is 3.14. The van der Waals surface area contributed by atoms with Crippen molar-refractivity contribution < 1.29 is 26.6 Å². The number of hydrogen-bond donors (Lipinski definition) is 2. The maximum absolute atomic E-state index is 13.4. The molecule has 0 aliphatic rings. The van der Waals surface area contributed by atoms with E-state index < -0.39 is 0 Å². The van der Waals surface area contributed by atoms with Crippen LogP contribution in [-0.2, 0) is 13.0 Å². The zero-order chi connectivity index (χ0) is 14.9. The highest BCUT2D eigenvalue weighted by molar-refractivity contribution is 5.27. The van der Waals surface area contributed by atoms with E-state index in [1.54, 1.807) is 6.07 Å². The minimum atomic E-state index is -0.148. The van der Waals surface area contributed by atoms with Gasteiger partial charge in [-0.1, -0.05) is 30.3 Å². The molecule has 0 spiro atoms. The summed E-state index contributed by atoms with van der Waals surface area (Å²) in [5, 5.41) is 12.0. The first-order valence-corrected chi connectivity index (χ1v) is 7.06. The third-order valence-corrected chi connectivity index (χ3v) is 3.14. The predicted octanol–water partition coefficient (Wildman–Crippen LogP) is -0.467. The van der Waals surface area contributed by atoms with Gasteiger partial charge in [0.05, 0.1) is 6.61 Å². The molecule has 0 amide bonds. The van der Waals surface area contributed by atoms with E-state index in [1.807, 2.05) is 36.4 Å². The first kappa shape index (κ1) is 18.4. The first-order valence-electron chi connectivity index (χ1n) is 7.06. The van der Waals surface area contributed by atoms with Crippen molar-refractivity contribution in [2.45, 2.75) is 13.0 Å². The maximum Gasteiger partial charge on any atom is 0.126 e. The van der Waals surface area contributed by atoms with Crippen LogP contribution in [0.4, 0.5) is 4.39 Å². The van der Waals surface area contributed by atoms with Crippen LogP contribution in [0.5, 0.6) is 5.75 Å². The second-order valence-electron chi connectivity index (χ2n) is 4.73. The van der Waals surface area contributed by atoms with Gasteiger partial charge < -0.3 is 27.6 Å². The van der Waals surface area contributed by atoms with Gasteiger partial charge in [-0.2, -0.15) is 0 Å². The molecule has 22 heavy (non-hydrogen) atoms. The molecule has 2 aromatic rings. The summed E-state index contributed by atoms with van der Waals surface area (Å²) in [6.07, 6.45) is 0.671. The molecule has 0 saturated carbocycles. The average molecular weight is 325 g/mol. The van der Waals surface area contributed by atoms with Crippen molar-refractivity contribution in [3.63, 3.8) is 0 Å². The summed E-state index contributed by atoms with van der Waals surface area (Å²) >= 11 is 0. The lowest BCUT2D eigenvalue weighted by molar-refractivity contribution is -0.00000606. The number of halogens is 2. The molecule has 0 atom stereocenters. The smallest absolute Gasteiger partial charge is 0.126 e. The normalized spacial score (nSPS) is 10.1. The number of ether oxygens (including phenoxy) is 1. The monoisotopic (exact) mass is 324 g/mol. The molecule has 2 N–H and O–H groups in total. The lowest BCUT2D eigenvalue weighted by Crippen LogP contribution is -3.00. The Morgan fingerprint density at radius 1 is 1.05 bits per heavy atom. The predicted molar refractivity (Wildman–Crippen MR) is 80.8 cm³/mol. The van der Waals surface area contributed by atoms with Gasteiger partial charge in [0.2, 0.25) is 0 Å². The van der Waals surface area contributed by atoms with Gasteiger partial charge in [-0.3, -0.25) is 0 Å². The summed E-state index contributed by atoms with van der Waals surface area (Å²) in [5.41, 5.74) is 1.87. The second-order valence-corrected chi connectivity index (χ2v) is 4.73. The summed E-state index contributed by atoms with van der Waals surface area (Å²) in [4.78, 5) is 0. The van der Waals surface area contributed by atoms with Crippen molar-refractivity contribution >= 4 is 0 Å². The molecule has 0 bridgehead atoms. The molecule has 0 aliphatic heterocycles. The lowest BCUT2D eigenvalue weighted by atomic mass is 10.1. The fourth-order valence-electron chi connectivity index (χ4n) is 2.02. The molecular weight excluding hydrogens is 305 g/mol. The molecule has 0 saturated heterocycles. The van der Waals surface area contributed by atoms with Crippen molar-refractivity contribution in [3.8, 4) is 5.75 Å². The molecule has 5 heteroatoms. The van der Waals surface area contributed by atoms with Crippen LogP contribution in [0.15, 0.2) is 48.5 Å². The Morgan fingerprint density at radius 3 is 2.45 bits per heavy atom. The van der Waals surface area contributed by atoms with Gasteiger partial charge in [-0.25, -0.2) is 4.39 Å². The van der Waals surface area contributed by atoms with Gasteiger partial charge >= 0.3 is 0 Å². The van der Waals surface area contributed by atoms with Gasteiger partial charge in [-0.05, 0) is 42.3 Å². The minimum Gasteiger partial charge on any atom is -1.00 e. The maximum atomic E-state index is 13.4. The van der Waals surface area contributed by atoms with E-state index in [1.165, 1.54) is 6.07 Å². The van der Waals surface area contributed by atoms with Gasteiger partial charge in [0.1, 0.15) is 18.2 Å². The van der Waals surface area contributed by atoms with E-state index in [-0.39, 0.29) is 24.8 Å². The molecule has 120 valence electrons. The fourth-order valence-corrected chi connectivity index (χ4v) is 2.02. The Labute approximate surface area is 136 Å². The van der Waals surface area contributed by atoms with Crippen LogP contribution >= 0.6 is 0 Å². The Morgan fingerprint density at radius 2 is 1.77 bits per heavy atom. The Kier molecular flexibility index (Phi) is 8.51. The molecule has 0 unspecified atom stereocenters. The molecule has 0 aliphatic carbocycles. The van der Waals surface area contributed by atoms with Crippen LogP contribution in [0.3, 0.4) is 0 Å². The van der Waals surface area contributed by atoms with Crippen LogP contribution in [0.25, 0.3) is 0 Å². The van der Waals surface area contributed by atoms with Gasteiger partial charge in [0.15, 0.2) is 0 Å². The third kappa shape index (κ3) is 6.02. The summed E-state index contributed by atoms with van der Waals surface area (Å²) in [7, 11) is 0. The SMILES string of the molecule is OCCOc1ccc(CNCCc2ccccc2F)cc1.[Cl-]. The van der Waals surface area contributed by atoms with Crippen LogP contribution in [0, 0.1) is 5.82 Å². The number of aliphatic hydroxyl groups is 1. The Bertz CT molecular complexity index is 549. The highest BCUT2D eigenvalue weighted by Crippen LogP contribution is 2.12. The highest BCUT2D eigenvalue weighted by atomic mass is 35.5. The molecule has 0 aromatic heterocycles. The van der Waals surface area contributed by atoms with E-state index in [2.05, 4.69) is 5.32 Å². The molecule has 3 nitrogen and oxygen atoms in total. The molecule has 2 aromatic carbocycles. The quantitative estimate of drug-likeness (QED) is 0.645. The van der Waals surface area contributed by atoms with Gasteiger partial charge in [0, 0.05) is 6.54 Å². The van der Waals surface area contributed by atoms with E-state index in [4.69, 9.17) is 9.84 Å². The number of nitrogens with one attached hydrogen (secondary N) is 1. The van der Waals surface area contributed by atoms with Crippen LogP contribution < -0.4 is 22.5 Å². The van der Waals surface area contributed by atoms with E-state index in [0.29, 0.717) is 13.0 Å². The van der Waals surface area contributed by atoms with Crippen molar-refractivity contribution in [3.05, 3.63) is 65.5 Å². The number of benzene rings is 2. The molecule has 0 heterocycles. The number of hydrogen-bond acceptors (Lipinski definition) is 3. The fraction of sp³-hybridized carbons (Fsp3) is 0.294. The molecule has 2 rings (SSSR count). The van der Waals surface area contributed by atoms with Crippen molar-refractivity contribution in [2.24, 2.45) is 0 Å². The Balaban J connectivity index is 0.00000242.